The van der Waals surface area contributed by atoms with Crippen LogP contribution in [-0.2, 0) is 14.8 Å². The maximum absolute atomic E-state index is 13.4. The number of hydrogen-bond acceptors (Lipinski definition) is 4. The number of anilines is 1. The van der Waals surface area contributed by atoms with E-state index in [1.54, 1.807) is 14.0 Å². The van der Waals surface area contributed by atoms with Gasteiger partial charge in [0.25, 0.3) is 0 Å². The lowest BCUT2D eigenvalue weighted by Crippen LogP contribution is -2.33. The van der Waals surface area contributed by atoms with Crippen LogP contribution in [0.1, 0.15) is 18.9 Å². The molecule has 0 spiro atoms. The number of ether oxygens (including phenoxy) is 1. The summed E-state index contributed by atoms with van der Waals surface area (Å²) >= 11 is 0. The Kier molecular flexibility index (Phi) is 5.28. The van der Waals surface area contributed by atoms with Crippen molar-refractivity contribution in [2.24, 2.45) is 0 Å². The molecule has 1 rings (SSSR count). The first-order chi connectivity index (χ1) is 8.77. The number of halogens is 1. The first-order valence-corrected chi connectivity index (χ1v) is 7.33. The van der Waals surface area contributed by atoms with E-state index in [-0.39, 0.29) is 22.2 Å². The van der Waals surface area contributed by atoms with Crippen molar-refractivity contribution in [3.05, 3.63) is 23.5 Å². The second-order valence-electron chi connectivity index (χ2n) is 4.45. The van der Waals surface area contributed by atoms with Crippen molar-refractivity contribution in [1.82, 2.24) is 4.72 Å². The largest absolute Gasteiger partial charge is 0.396 e. The van der Waals surface area contributed by atoms with Crippen LogP contribution >= 0.6 is 0 Å². The molecule has 0 heterocycles. The van der Waals surface area contributed by atoms with E-state index >= 15 is 0 Å². The molecule has 0 fully saturated rings. The van der Waals surface area contributed by atoms with Gasteiger partial charge in [0.1, 0.15) is 5.82 Å². The van der Waals surface area contributed by atoms with Crippen molar-refractivity contribution in [2.75, 3.05) is 19.5 Å². The molecule has 3 N–H and O–H groups in total. The maximum Gasteiger partial charge on any atom is 0.240 e. The van der Waals surface area contributed by atoms with Crippen molar-refractivity contribution >= 4 is 15.7 Å². The number of methoxy groups -OCH3 is 1. The summed E-state index contributed by atoms with van der Waals surface area (Å²) in [6, 6.07) is 2.10. The van der Waals surface area contributed by atoms with Crippen LogP contribution < -0.4 is 10.5 Å². The van der Waals surface area contributed by atoms with E-state index in [1.807, 2.05) is 0 Å². The first kappa shape index (κ1) is 15.9. The minimum absolute atomic E-state index is 0.0341. The Bertz CT molecular complexity index is 523. The van der Waals surface area contributed by atoms with Gasteiger partial charge < -0.3 is 10.5 Å². The van der Waals surface area contributed by atoms with Crippen LogP contribution in [0.25, 0.3) is 0 Å². The fraction of sp³-hybridized carbons (Fsp3) is 0.500. The van der Waals surface area contributed by atoms with E-state index in [0.717, 1.165) is 6.07 Å². The zero-order chi connectivity index (χ0) is 14.6. The number of sulfonamides is 1. The molecular formula is C12H19FN2O3S. The molecule has 1 aromatic rings. The number of nitrogen functional groups attached to an aromatic ring is 1. The number of aryl methyl sites for hydroxylation is 1. The standard InChI is InChI=1S/C12H19FN2O3S/c1-8-6-10(7-11(14)12(8)13)19(16,17)15-9(2)4-5-18-3/h6-7,9,15H,4-5,14H2,1-3H3. The molecule has 0 saturated heterocycles. The van der Waals surface area contributed by atoms with Crippen molar-refractivity contribution in [3.63, 3.8) is 0 Å². The highest BCUT2D eigenvalue weighted by Gasteiger charge is 2.19. The van der Waals surface area contributed by atoms with Gasteiger partial charge in [-0.05, 0) is 38.0 Å². The van der Waals surface area contributed by atoms with Gasteiger partial charge in [0.2, 0.25) is 10.0 Å². The molecule has 0 aliphatic carbocycles. The van der Waals surface area contributed by atoms with E-state index in [0.29, 0.717) is 13.0 Å². The number of hydrogen-bond donors (Lipinski definition) is 2. The predicted molar refractivity (Wildman–Crippen MR) is 71.8 cm³/mol. The lowest BCUT2D eigenvalue weighted by atomic mass is 10.2. The average Bonchev–Trinajstić information content (AvgIpc) is 2.32. The summed E-state index contributed by atoms with van der Waals surface area (Å²) in [6.45, 7) is 3.66. The molecule has 0 radical (unpaired) electrons. The zero-order valence-electron chi connectivity index (χ0n) is 11.2. The van der Waals surface area contributed by atoms with Crippen LogP contribution in [0, 0.1) is 12.7 Å². The molecule has 19 heavy (non-hydrogen) atoms. The molecule has 1 atom stereocenters. The zero-order valence-corrected chi connectivity index (χ0v) is 12.1. The summed E-state index contributed by atoms with van der Waals surface area (Å²) in [6.07, 6.45) is 0.547. The van der Waals surface area contributed by atoms with Gasteiger partial charge in [-0.25, -0.2) is 17.5 Å². The molecule has 0 bridgehead atoms. The Balaban J connectivity index is 2.95. The fourth-order valence-electron chi connectivity index (χ4n) is 1.60. The summed E-state index contributed by atoms with van der Waals surface area (Å²) in [5.41, 5.74) is 5.46. The third kappa shape index (κ3) is 4.15. The third-order valence-corrected chi connectivity index (χ3v) is 4.25. The second kappa shape index (κ2) is 6.31. The molecule has 1 aromatic carbocycles. The predicted octanol–water partition coefficient (Wildman–Crippen LogP) is 1.42. The van der Waals surface area contributed by atoms with Crippen LogP contribution in [0.2, 0.25) is 0 Å². The minimum Gasteiger partial charge on any atom is -0.396 e. The Morgan fingerprint density at radius 1 is 1.47 bits per heavy atom. The summed E-state index contributed by atoms with van der Waals surface area (Å²) < 4.78 is 44.9. The Hall–Kier alpha value is -1.18. The number of benzene rings is 1. The molecule has 7 heteroatoms. The first-order valence-electron chi connectivity index (χ1n) is 5.85. The molecular weight excluding hydrogens is 271 g/mol. The monoisotopic (exact) mass is 290 g/mol. The minimum atomic E-state index is -3.70. The van der Waals surface area contributed by atoms with E-state index < -0.39 is 15.8 Å². The molecule has 0 amide bonds. The fourth-order valence-corrected chi connectivity index (χ4v) is 3.00. The van der Waals surface area contributed by atoms with Gasteiger partial charge in [-0.15, -0.1) is 0 Å². The Morgan fingerprint density at radius 3 is 2.63 bits per heavy atom. The molecule has 0 aliphatic heterocycles. The molecule has 1 unspecified atom stereocenters. The maximum atomic E-state index is 13.4. The van der Waals surface area contributed by atoms with E-state index in [1.165, 1.54) is 13.0 Å². The summed E-state index contributed by atoms with van der Waals surface area (Å²) in [5, 5.41) is 0. The van der Waals surface area contributed by atoms with Crippen molar-refractivity contribution < 1.29 is 17.5 Å². The highest BCUT2D eigenvalue weighted by Crippen LogP contribution is 2.21. The van der Waals surface area contributed by atoms with Gasteiger partial charge in [0.15, 0.2) is 0 Å². The van der Waals surface area contributed by atoms with Crippen molar-refractivity contribution in [1.29, 1.82) is 0 Å². The number of rotatable bonds is 6. The van der Waals surface area contributed by atoms with Crippen LogP contribution in [0.4, 0.5) is 10.1 Å². The van der Waals surface area contributed by atoms with Crippen molar-refractivity contribution in [2.45, 2.75) is 31.2 Å². The van der Waals surface area contributed by atoms with Crippen LogP contribution in [0.3, 0.4) is 0 Å². The number of nitrogens with two attached hydrogens (primary N) is 1. The van der Waals surface area contributed by atoms with E-state index in [4.69, 9.17) is 10.5 Å². The molecule has 0 aromatic heterocycles. The van der Waals surface area contributed by atoms with Gasteiger partial charge in [-0.1, -0.05) is 0 Å². The van der Waals surface area contributed by atoms with E-state index in [2.05, 4.69) is 4.72 Å². The Labute approximate surface area is 113 Å². The summed E-state index contributed by atoms with van der Waals surface area (Å²) in [7, 11) is -2.16. The lowest BCUT2D eigenvalue weighted by Gasteiger charge is -2.14. The van der Waals surface area contributed by atoms with Gasteiger partial charge in [0.05, 0.1) is 10.6 Å². The summed E-state index contributed by atoms with van der Waals surface area (Å²) in [5.74, 6) is -0.591. The number of nitrogens with one attached hydrogen (secondary N) is 1. The third-order valence-electron chi connectivity index (χ3n) is 2.68. The quantitative estimate of drug-likeness (QED) is 0.776. The van der Waals surface area contributed by atoms with E-state index in [9.17, 15) is 12.8 Å². The Morgan fingerprint density at radius 2 is 2.11 bits per heavy atom. The smallest absolute Gasteiger partial charge is 0.240 e. The van der Waals surface area contributed by atoms with Gasteiger partial charge in [0, 0.05) is 19.8 Å². The lowest BCUT2D eigenvalue weighted by molar-refractivity contribution is 0.188. The SMILES string of the molecule is COCCC(C)NS(=O)(=O)c1cc(C)c(F)c(N)c1. The summed E-state index contributed by atoms with van der Waals surface area (Å²) in [4.78, 5) is -0.0341. The van der Waals surface area contributed by atoms with Crippen molar-refractivity contribution in [3.8, 4) is 0 Å². The normalized spacial score (nSPS) is 13.5. The molecule has 5 nitrogen and oxygen atoms in total. The highest BCUT2D eigenvalue weighted by molar-refractivity contribution is 7.89. The van der Waals surface area contributed by atoms with Crippen LogP contribution in [0.5, 0.6) is 0 Å². The van der Waals surface area contributed by atoms with Gasteiger partial charge >= 0.3 is 0 Å². The van der Waals surface area contributed by atoms with Gasteiger partial charge in [-0.3, -0.25) is 0 Å². The average molecular weight is 290 g/mol. The van der Waals surface area contributed by atoms with Crippen LogP contribution in [0.15, 0.2) is 17.0 Å². The molecule has 0 saturated carbocycles. The second-order valence-corrected chi connectivity index (χ2v) is 6.16. The molecule has 0 aliphatic rings. The molecule has 108 valence electrons. The van der Waals surface area contributed by atoms with Gasteiger partial charge in [-0.2, -0.15) is 0 Å². The topological polar surface area (TPSA) is 81.4 Å². The highest BCUT2D eigenvalue weighted by atomic mass is 32.2. The van der Waals surface area contributed by atoms with Crippen LogP contribution in [-0.4, -0.2) is 28.2 Å².